The molecule has 0 aliphatic heterocycles. The number of thiophene rings is 1. The van der Waals surface area contributed by atoms with E-state index in [-0.39, 0.29) is 0 Å². The van der Waals surface area contributed by atoms with Crippen molar-refractivity contribution in [2.75, 3.05) is 0 Å². The van der Waals surface area contributed by atoms with Gasteiger partial charge in [0, 0.05) is 41.7 Å². The SMILES string of the molecule is c1ccc(-c2cc(-n3c4cc(-c5cccc6c5sc5ccccc56)ccc4c4c5oc6ccccc6c5ccc43)nc3ccccc23)cc1. The molecule has 0 spiro atoms. The van der Waals surface area contributed by atoms with Gasteiger partial charge in [-0.15, -0.1) is 11.3 Å². The molecule has 0 atom stereocenters. The molecule has 0 saturated carbocycles. The lowest BCUT2D eigenvalue weighted by molar-refractivity contribution is 0.673. The van der Waals surface area contributed by atoms with Crippen LogP contribution in [-0.2, 0) is 0 Å². The van der Waals surface area contributed by atoms with Crippen LogP contribution >= 0.6 is 11.3 Å². The highest BCUT2D eigenvalue weighted by Crippen LogP contribution is 2.44. The number of hydrogen-bond donors (Lipinski definition) is 0. The Labute approximate surface area is 284 Å². The monoisotopic (exact) mass is 642 g/mol. The third-order valence-electron chi connectivity index (χ3n) is 10.0. The van der Waals surface area contributed by atoms with Gasteiger partial charge >= 0.3 is 0 Å². The molecule has 0 radical (unpaired) electrons. The molecule has 11 rings (SSSR count). The van der Waals surface area contributed by atoms with Gasteiger partial charge in [0.05, 0.1) is 21.9 Å². The van der Waals surface area contributed by atoms with Gasteiger partial charge in [-0.05, 0) is 64.7 Å². The number of furan rings is 1. The van der Waals surface area contributed by atoms with Crippen LogP contribution in [0.3, 0.4) is 0 Å². The smallest absolute Gasteiger partial charge is 0.145 e. The molecule has 0 unspecified atom stereocenters. The van der Waals surface area contributed by atoms with Crippen LogP contribution in [0.15, 0.2) is 162 Å². The van der Waals surface area contributed by atoms with Gasteiger partial charge in [-0.3, -0.25) is 4.57 Å². The van der Waals surface area contributed by atoms with E-state index in [0.717, 1.165) is 66.0 Å². The quantitative estimate of drug-likeness (QED) is 0.192. The van der Waals surface area contributed by atoms with Crippen LogP contribution in [0, 0.1) is 0 Å². The van der Waals surface area contributed by atoms with E-state index >= 15 is 0 Å². The van der Waals surface area contributed by atoms with Crippen molar-refractivity contribution in [2.24, 2.45) is 0 Å². The summed E-state index contributed by atoms with van der Waals surface area (Å²) in [5.41, 5.74) is 9.68. The zero-order valence-electron chi connectivity index (χ0n) is 26.2. The van der Waals surface area contributed by atoms with E-state index in [1.807, 2.05) is 17.4 Å². The van der Waals surface area contributed by atoms with Crippen molar-refractivity contribution in [1.82, 2.24) is 9.55 Å². The molecule has 3 nitrogen and oxygen atoms in total. The summed E-state index contributed by atoms with van der Waals surface area (Å²) in [6.07, 6.45) is 0. The van der Waals surface area contributed by atoms with E-state index in [4.69, 9.17) is 9.40 Å². The van der Waals surface area contributed by atoms with Crippen molar-refractivity contribution >= 4 is 86.2 Å². The largest absolute Gasteiger partial charge is 0.455 e. The summed E-state index contributed by atoms with van der Waals surface area (Å²) in [5, 5.41) is 8.23. The van der Waals surface area contributed by atoms with Gasteiger partial charge in [0.25, 0.3) is 0 Å². The Morgan fingerprint density at radius 3 is 2.16 bits per heavy atom. The Morgan fingerprint density at radius 2 is 1.24 bits per heavy atom. The first-order valence-electron chi connectivity index (χ1n) is 16.5. The average Bonchev–Trinajstić information content (AvgIpc) is 3.84. The third kappa shape index (κ3) is 3.86. The van der Waals surface area contributed by atoms with E-state index in [9.17, 15) is 0 Å². The standard InChI is InChI=1S/C45H26N2OS/c1-2-11-27(12-3-1)36-26-42(46-37-18-7-4-13-30(36)37)47-38-24-23-33-31-14-5-8-19-40(31)48-44(33)43(38)35-22-21-28(25-39(35)47)29-16-10-17-34-32-15-6-9-20-41(32)49-45(29)34/h1-26H. The van der Waals surface area contributed by atoms with Crippen molar-refractivity contribution in [3.63, 3.8) is 0 Å². The molecule has 0 amide bonds. The molecule has 4 heterocycles. The van der Waals surface area contributed by atoms with Crippen LogP contribution in [0.1, 0.15) is 0 Å². The first-order valence-corrected chi connectivity index (χ1v) is 17.4. The maximum Gasteiger partial charge on any atom is 0.145 e. The second-order valence-electron chi connectivity index (χ2n) is 12.7. The highest BCUT2D eigenvalue weighted by Gasteiger charge is 2.21. The number of fused-ring (bicyclic) bond motifs is 11. The highest BCUT2D eigenvalue weighted by atomic mass is 32.1. The maximum absolute atomic E-state index is 6.66. The topological polar surface area (TPSA) is 31.0 Å². The highest BCUT2D eigenvalue weighted by molar-refractivity contribution is 7.26. The van der Waals surface area contributed by atoms with E-state index in [1.165, 1.54) is 36.9 Å². The van der Waals surface area contributed by atoms with Crippen LogP contribution in [0.2, 0.25) is 0 Å². The lowest BCUT2D eigenvalue weighted by Crippen LogP contribution is -1.99. The number of aromatic nitrogens is 2. The fourth-order valence-corrected chi connectivity index (χ4v) is 9.04. The Bertz CT molecular complexity index is 3110. The Kier molecular flexibility index (Phi) is 5.54. The summed E-state index contributed by atoms with van der Waals surface area (Å²) < 4.78 is 11.6. The van der Waals surface area contributed by atoms with Gasteiger partial charge in [-0.1, -0.05) is 115 Å². The minimum absolute atomic E-state index is 0.880. The summed E-state index contributed by atoms with van der Waals surface area (Å²) in [7, 11) is 0. The van der Waals surface area contributed by atoms with Gasteiger partial charge < -0.3 is 4.42 Å². The number of rotatable bonds is 3. The normalized spacial score (nSPS) is 12.1. The van der Waals surface area contributed by atoms with Crippen molar-refractivity contribution in [3.8, 4) is 28.1 Å². The van der Waals surface area contributed by atoms with E-state index in [1.54, 1.807) is 0 Å². The number of benzene rings is 7. The molecule has 4 aromatic heterocycles. The summed E-state index contributed by atoms with van der Waals surface area (Å²) in [6, 6.07) is 56.4. The van der Waals surface area contributed by atoms with E-state index < -0.39 is 0 Å². The zero-order valence-corrected chi connectivity index (χ0v) is 27.0. The minimum atomic E-state index is 0.880. The molecule has 7 aromatic carbocycles. The molecule has 49 heavy (non-hydrogen) atoms. The zero-order chi connectivity index (χ0) is 32.1. The molecule has 0 aliphatic rings. The van der Waals surface area contributed by atoms with Gasteiger partial charge in [0.2, 0.25) is 0 Å². The fourth-order valence-electron chi connectivity index (χ4n) is 7.80. The van der Waals surface area contributed by atoms with Crippen LogP contribution in [0.4, 0.5) is 0 Å². The minimum Gasteiger partial charge on any atom is -0.455 e. The summed E-state index contributed by atoms with van der Waals surface area (Å²) in [5.74, 6) is 0.880. The summed E-state index contributed by atoms with van der Waals surface area (Å²) in [6.45, 7) is 0. The molecule has 4 heteroatoms. The molecule has 11 aromatic rings. The Balaban J connectivity index is 1.27. The third-order valence-corrected chi connectivity index (χ3v) is 11.2. The Hall–Kier alpha value is -6.23. The predicted molar refractivity (Wildman–Crippen MR) is 207 cm³/mol. The second-order valence-corrected chi connectivity index (χ2v) is 13.7. The number of hydrogen-bond acceptors (Lipinski definition) is 3. The van der Waals surface area contributed by atoms with Crippen LogP contribution in [0.25, 0.3) is 103 Å². The lowest BCUT2D eigenvalue weighted by Gasteiger charge is -2.13. The van der Waals surface area contributed by atoms with Gasteiger partial charge in [-0.25, -0.2) is 4.98 Å². The van der Waals surface area contributed by atoms with Gasteiger partial charge in [0.1, 0.15) is 17.0 Å². The fraction of sp³-hybridized carbons (Fsp3) is 0. The molecular weight excluding hydrogens is 617 g/mol. The lowest BCUT2D eigenvalue weighted by atomic mass is 10.0. The van der Waals surface area contributed by atoms with Crippen LogP contribution in [-0.4, -0.2) is 9.55 Å². The van der Waals surface area contributed by atoms with E-state index in [0.29, 0.717) is 0 Å². The van der Waals surface area contributed by atoms with Crippen molar-refractivity contribution < 1.29 is 4.42 Å². The Morgan fingerprint density at radius 1 is 0.490 bits per heavy atom. The molecular formula is C45H26N2OS. The number of pyridine rings is 1. The summed E-state index contributed by atoms with van der Waals surface area (Å²) in [4.78, 5) is 5.34. The van der Waals surface area contributed by atoms with Crippen molar-refractivity contribution in [2.45, 2.75) is 0 Å². The van der Waals surface area contributed by atoms with Crippen molar-refractivity contribution in [3.05, 3.63) is 158 Å². The molecule has 228 valence electrons. The molecule has 0 bridgehead atoms. The van der Waals surface area contributed by atoms with Gasteiger partial charge in [-0.2, -0.15) is 0 Å². The number of nitrogens with zero attached hydrogens (tertiary/aromatic N) is 2. The molecule has 0 saturated heterocycles. The van der Waals surface area contributed by atoms with Gasteiger partial charge in [0.15, 0.2) is 0 Å². The van der Waals surface area contributed by atoms with Crippen LogP contribution < -0.4 is 0 Å². The first-order chi connectivity index (χ1) is 24.3. The number of para-hydroxylation sites is 2. The maximum atomic E-state index is 6.66. The molecule has 0 aliphatic carbocycles. The van der Waals surface area contributed by atoms with Crippen LogP contribution in [0.5, 0.6) is 0 Å². The predicted octanol–water partition coefficient (Wildman–Crippen LogP) is 12.9. The average molecular weight is 643 g/mol. The first kappa shape index (κ1) is 26.8. The second kappa shape index (κ2) is 10.1. The van der Waals surface area contributed by atoms with E-state index in [2.05, 4.69) is 156 Å². The molecule has 0 fully saturated rings. The molecule has 0 N–H and O–H groups in total. The van der Waals surface area contributed by atoms with Crippen molar-refractivity contribution in [1.29, 1.82) is 0 Å². The summed E-state index contributed by atoms with van der Waals surface area (Å²) >= 11 is 1.87.